The first-order valence-electron chi connectivity index (χ1n) is 26.2. The summed E-state index contributed by atoms with van der Waals surface area (Å²) in [5, 5.41) is 21.1. The van der Waals surface area contributed by atoms with Crippen LogP contribution in [0, 0.1) is 0 Å². The van der Waals surface area contributed by atoms with Gasteiger partial charge in [-0.1, -0.05) is 220 Å². The van der Waals surface area contributed by atoms with E-state index in [1.165, 1.54) is 232 Å². The normalized spacial score (nSPS) is 11.2. The molecular weight excluding hydrogens is 757 g/mol. The molecule has 59 heavy (non-hydrogen) atoms. The maximum absolute atomic E-state index is 10.5. The zero-order chi connectivity index (χ0) is 42.8. The van der Waals surface area contributed by atoms with E-state index in [-0.39, 0.29) is 50.6 Å². The van der Waals surface area contributed by atoms with Crippen LogP contribution in [-0.4, -0.2) is 98.7 Å². The molecule has 6 nitrogen and oxygen atoms in total. The van der Waals surface area contributed by atoms with E-state index in [1.54, 1.807) is 0 Å². The summed E-state index contributed by atoms with van der Waals surface area (Å²) in [6, 6.07) is 0. The summed E-state index contributed by atoms with van der Waals surface area (Å²) in [4.78, 5) is 26.4. The Hall–Kier alpha value is 0.120. The van der Waals surface area contributed by atoms with Crippen LogP contribution in [0.4, 0.5) is 0 Å². The number of carboxylic acid groups (broad SMARTS) is 2. The molecule has 0 spiro atoms. The second-order valence-electron chi connectivity index (χ2n) is 17.9. The molecular formula is C52H104CaN2O4. The molecule has 0 N–H and O–H groups in total. The predicted octanol–water partition coefficient (Wildman–Crippen LogP) is 13.4. The molecule has 0 aliphatic rings. The number of unbranched alkanes of at least 4 members (excludes halogenated alkanes) is 32. The molecule has 0 aliphatic carbocycles. The van der Waals surface area contributed by atoms with E-state index < -0.39 is 11.9 Å². The summed E-state index contributed by atoms with van der Waals surface area (Å²) in [5.74, 6) is -1.81. The van der Waals surface area contributed by atoms with Crippen molar-refractivity contribution in [3.63, 3.8) is 0 Å². The zero-order valence-electron chi connectivity index (χ0n) is 40.8. The topological polar surface area (TPSA) is 86.7 Å². The zero-order valence-corrected chi connectivity index (χ0v) is 43.0. The summed E-state index contributed by atoms with van der Waals surface area (Å²) in [7, 11) is 0. The fraction of sp³-hybridized carbons (Fsp3) is 0.962. The minimum absolute atomic E-state index is 0. The molecule has 0 saturated carbocycles. The van der Waals surface area contributed by atoms with Gasteiger partial charge < -0.3 is 29.6 Å². The minimum Gasteiger partial charge on any atom is -0.550 e. The van der Waals surface area contributed by atoms with E-state index >= 15 is 0 Å². The van der Waals surface area contributed by atoms with Gasteiger partial charge in [0.25, 0.3) is 0 Å². The van der Waals surface area contributed by atoms with Crippen LogP contribution >= 0.6 is 0 Å². The van der Waals surface area contributed by atoms with Crippen molar-refractivity contribution in [2.24, 2.45) is 0 Å². The molecule has 0 bridgehead atoms. The van der Waals surface area contributed by atoms with Gasteiger partial charge in [-0.25, -0.2) is 0 Å². The Balaban J connectivity index is -0.00000105. The van der Waals surface area contributed by atoms with Crippen LogP contribution in [0.15, 0.2) is 0 Å². The molecule has 0 aliphatic heterocycles. The third-order valence-electron chi connectivity index (χ3n) is 12.0. The van der Waals surface area contributed by atoms with Gasteiger partial charge in [0.1, 0.15) is 0 Å². The van der Waals surface area contributed by atoms with E-state index in [4.69, 9.17) is 0 Å². The second-order valence-corrected chi connectivity index (χ2v) is 17.9. The molecule has 0 fully saturated rings. The molecule has 0 saturated heterocycles. The quantitative estimate of drug-likeness (QED) is 0.0447. The average molecular weight is 861 g/mol. The molecule has 0 heterocycles. The van der Waals surface area contributed by atoms with Crippen LogP contribution in [-0.2, 0) is 9.59 Å². The Kier molecular flexibility index (Phi) is 60.3. The van der Waals surface area contributed by atoms with Gasteiger partial charge in [0.15, 0.2) is 0 Å². The Morgan fingerprint density at radius 2 is 0.424 bits per heavy atom. The number of rotatable bonds is 48. The molecule has 0 aromatic rings. The third-order valence-corrected chi connectivity index (χ3v) is 12.0. The van der Waals surface area contributed by atoms with E-state index in [0.29, 0.717) is 0 Å². The summed E-state index contributed by atoms with van der Waals surface area (Å²) < 4.78 is 0. The third kappa shape index (κ3) is 58.1. The van der Waals surface area contributed by atoms with Gasteiger partial charge in [-0.15, -0.1) is 0 Å². The van der Waals surface area contributed by atoms with E-state index in [9.17, 15) is 19.8 Å². The SMILES string of the molecule is CCCCCCCCCCN(CCCCCCCCCC)CCCCCC(=O)[O-].CCCCCCCCCCN(CCCCCCCCCC)CCCCCC(=O)[O-].[Ca+2]. The Bertz CT molecular complexity index is 697. The number of hydrogen-bond donors (Lipinski definition) is 0. The van der Waals surface area contributed by atoms with Gasteiger partial charge in [0.05, 0.1) is 0 Å². The number of aliphatic carboxylic acids is 2. The Labute approximate surface area is 400 Å². The van der Waals surface area contributed by atoms with Crippen LogP contribution in [0.1, 0.15) is 285 Å². The molecule has 0 aromatic carbocycles. The molecule has 0 rings (SSSR count). The summed E-state index contributed by atoms with van der Waals surface area (Å²) >= 11 is 0. The van der Waals surface area contributed by atoms with E-state index in [2.05, 4.69) is 37.5 Å². The summed E-state index contributed by atoms with van der Waals surface area (Å²) in [5.41, 5.74) is 0. The monoisotopic (exact) mass is 861 g/mol. The standard InChI is InChI=1S/2C26H53NO2.Ca/c2*1-3-5-7-9-11-13-15-19-23-27(25-21-17-18-22-26(28)29)24-20-16-14-12-10-8-6-4-2;/h2*3-25H2,1-2H3,(H,28,29);/q;;+2/p-2. The van der Waals surface area contributed by atoms with Crippen molar-refractivity contribution < 1.29 is 19.8 Å². The van der Waals surface area contributed by atoms with Crippen LogP contribution in [0.25, 0.3) is 0 Å². The first-order valence-corrected chi connectivity index (χ1v) is 26.2. The van der Waals surface area contributed by atoms with Gasteiger partial charge in [-0.05, 0) is 103 Å². The number of carbonyl (C=O) groups excluding carboxylic acids is 2. The van der Waals surface area contributed by atoms with Crippen molar-refractivity contribution in [1.82, 2.24) is 9.80 Å². The molecule has 0 aromatic heterocycles. The van der Waals surface area contributed by atoms with E-state index in [0.717, 1.165) is 51.6 Å². The predicted molar refractivity (Wildman–Crippen MR) is 256 cm³/mol. The van der Waals surface area contributed by atoms with Gasteiger partial charge in [-0.2, -0.15) is 0 Å². The van der Waals surface area contributed by atoms with Crippen molar-refractivity contribution in [3.05, 3.63) is 0 Å². The van der Waals surface area contributed by atoms with Crippen molar-refractivity contribution >= 4 is 49.7 Å². The van der Waals surface area contributed by atoms with Crippen LogP contribution in [0.2, 0.25) is 0 Å². The Morgan fingerprint density at radius 1 is 0.271 bits per heavy atom. The molecule has 7 heteroatoms. The number of carbonyl (C=O) groups is 2. The summed E-state index contributed by atoms with van der Waals surface area (Å²) in [6.45, 7) is 16.3. The van der Waals surface area contributed by atoms with Crippen LogP contribution in [0.5, 0.6) is 0 Å². The van der Waals surface area contributed by atoms with Crippen LogP contribution < -0.4 is 10.2 Å². The van der Waals surface area contributed by atoms with Crippen molar-refractivity contribution in [3.8, 4) is 0 Å². The number of carboxylic acids is 2. The first-order chi connectivity index (χ1) is 28.4. The first kappa shape index (κ1) is 63.4. The molecule has 0 atom stereocenters. The smallest absolute Gasteiger partial charge is 0.550 e. The fourth-order valence-corrected chi connectivity index (χ4v) is 8.11. The van der Waals surface area contributed by atoms with Gasteiger partial charge in [0.2, 0.25) is 0 Å². The van der Waals surface area contributed by atoms with Crippen molar-refractivity contribution in [1.29, 1.82) is 0 Å². The van der Waals surface area contributed by atoms with E-state index in [1.807, 2.05) is 0 Å². The molecule has 0 radical (unpaired) electrons. The summed E-state index contributed by atoms with van der Waals surface area (Å²) in [6.07, 6.45) is 50.4. The Morgan fingerprint density at radius 3 is 0.593 bits per heavy atom. The average Bonchev–Trinajstić information content (AvgIpc) is 3.20. The fourth-order valence-electron chi connectivity index (χ4n) is 8.11. The molecule has 0 amide bonds. The van der Waals surface area contributed by atoms with Crippen LogP contribution in [0.3, 0.4) is 0 Å². The van der Waals surface area contributed by atoms with Gasteiger partial charge in [-0.3, -0.25) is 0 Å². The largest absolute Gasteiger partial charge is 2.00 e. The maximum atomic E-state index is 10.5. The second kappa shape index (κ2) is 56.1. The van der Waals surface area contributed by atoms with Crippen molar-refractivity contribution in [2.45, 2.75) is 285 Å². The molecule has 0 unspecified atom stereocenters. The van der Waals surface area contributed by atoms with Gasteiger partial charge >= 0.3 is 37.7 Å². The number of nitrogens with zero attached hydrogens (tertiary/aromatic N) is 2. The van der Waals surface area contributed by atoms with Gasteiger partial charge in [0, 0.05) is 11.9 Å². The van der Waals surface area contributed by atoms with Crippen molar-refractivity contribution in [2.75, 3.05) is 39.3 Å². The molecule has 348 valence electrons. The maximum Gasteiger partial charge on any atom is 2.00 e. The minimum atomic E-state index is -0.903. The number of hydrogen-bond acceptors (Lipinski definition) is 6.